The van der Waals surface area contributed by atoms with Crippen LogP contribution < -0.4 is 15.2 Å². The molecule has 1 saturated heterocycles. The number of rotatable bonds is 4. The first-order valence-corrected chi connectivity index (χ1v) is 9.25. The minimum absolute atomic E-state index is 0.0151. The molecule has 1 aliphatic heterocycles. The number of hydrogen-bond acceptors (Lipinski definition) is 5. The molecule has 1 aromatic carbocycles. The molecule has 1 fully saturated rings. The van der Waals surface area contributed by atoms with Gasteiger partial charge in [0, 0.05) is 38.2 Å². The van der Waals surface area contributed by atoms with E-state index in [2.05, 4.69) is 21.0 Å². The summed E-state index contributed by atoms with van der Waals surface area (Å²) in [5, 5.41) is 4.68. The predicted octanol–water partition coefficient (Wildman–Crippen LogP) is 1.92. The van der Waals surface area contributed by atoms with Gasteiger partial charge in [-0.25, -0.2) is 4.68 Å². The summed E-state index contributed by atoms with van der Waals surface area (Å²) in [6.07, 6.45) is 1.66. The van der Waals surface area contributed by atoms with Gasteiger partial charge in [-0.2, -0.15) is 5.10 Å². The molecule has 0 unspecified atom stereocenters. The number of hydrogen-bond donors (Lipinski definition) is 0. The number of benzene rings is 1. The number of carbonyl (C=O) groups is 1. The van der Waals surface area contributed by atoms with Gasteiger partial charge in [-0.3, -0.25) is 9.59 Å². The normalized spacial score (nSPS) is 14.4. The van der Waals surface area contributed by atoms with E-state index in [0.717, 1.165) is 5.69 Å². The van der Waals surface area contributed by atoms with E-state index in [-0.39, 0.29) is 18.1 Å². The second-order valence-corrected chi connectivity index (χ2v) is 7.11. The molecule has 9 heteroatoms. The first-order chi connectivity index (χ1) is 12.5. The number of aromatic nitrogens is 2. The second kappa shape index (κ2) is 8.09. The standard InChI is InChI=1S/C17H18BrClN4O3/c1-21-17(25)16(18)14(10-20-21)22-6-8-23(9-7-22)15(24)11-26-13-4-2-12(19)3-5-13/h2-5,10H,6-9,11H2,1H3. The van der Waals surface area contributed by atoms with E-state index in [1.54, 1.807) is 42.4 Å². The average Bonchev–Trinajstić information content (AvgIpc) is 2.66. The zero-order valence-corrected chi connectivity index (χ0v) is 16.5. The number of anilines is 1. The fourth-order valence-corrected chi connectivity index (χ4v) is 3.42. The van der Waals surface area contributed by atoms with Crippen LogP contribution in [-0.4, -0.2) is 53.4 Å². The minimum Gasteiger partial charge on any atom is -0.484 e. The smallest absolute Gasteiger partial charge is 0.282 e. The molecule has 7 nitrogen and oxygen atoms in total. The van der Waals surface area contributed by atoms with Crippen molar-refractivity contribution in [3.05, 3.63) is 50.3 Å². The third-order valence-corrected chi connectivity index (χ3v) is 5.21. The number of halogens is 2. The molecule has 0 N–H and O–H groups in total. The summed E-state index contributed by atoms with van der Waals surface area (Å²) < 4.78 is 7.28. The van der Waals surface area contributed by atoms with Crippen LogP contribution >= 0.6 is 27.5 Å². The molecule has 0 bridgehead atoms. The number of nitrogens with zero attached hydrogens (tertiary/aromatic N) is 4. The Balaban J connectivity index is 1.55. The fraction of sp³-hybridized carbons (Fsp3) is 0.353. The fourth-order valence-electron chi connectivity index (χ4n) is 2.69. The summed E-state index contributed by atoms with van der Waals surface area (Å²) in [5.74, 6) is 0.539. The molecule has 0 aliphatic carbocycles. The van der Waals surface area contributed by atoms with Gasteiger partial charge in [-0.05, 0) is 40.2 Å². The van der Waals surface area contributed by atoms with E-state index in [4.69, 9.17) is 16.3 Å². The second-order valence-electron chi connectivity index (χ2n) is 5.88. The Labute approximate surface area is 164 Å². The molecule has 2 aromatic rings. The first kappa shape index (κ1) is 18.7. The van der Waals surface area contributed by atoms with Crippen molar-refractivity contribution >= 4 is 39.1 Å². The molecule has 3 rings (SSSR count). The molecule has 1 aliphatic rings. The highest BCUT2D eigenvalue weighted by molar-refractivity contribution is 9.10. The Morgan fingerprint density at radius 1 is 1.23 bits per heavy atom. The van der Waals surface area contributed by atoms with Crippen LogP contribution in [0.25, 0.3) is 0 Å². The highest BCUT2D eigenvalue weighted by Crippen LogP contribution is 2.22. The van der Waals surface area contributed by atoms with Crippen molar-refractivity contribution in [3.8, 4) is 5.75 Å². The molecule has 0 atom stereocenters. The van der Waals surface area contributed by atoms with Crippen molar-refractivity contribution in [2.24, 2.45) is 7.05 Å². The van der Waals surface area contributed by atoms with Gasteiger partial charge in [0.15, 0.2) is 6.61 Å². The summed E-state index contributed by atoms with van der Waals surface area (Å²) >= 11 is 9.17. The molecular formula is C17H18BrClN4O3. The number of amides is 1. The predicted molar refractivity (Wildman–Crippen MR) is 103 cm³/mol. The molecule has 1 amide bonds. The van der Waals surface area contributed by atoms with Crippen LogP contribution in [-0.2, 0) is 11.8 Å². The van der Waals surface area contributed by atoms with Gasteiger partial charge in [0.1, 0.15) is 10.2 Å². The Hall–Kier alpha value is -2.06. The molecule has 2 heterocycles. The topological polar surface area (TPSA) is 67.7 Å². The van der Waals surface area contributed by atoms with Gasteiger partial charge < -0.3 is 14.5 Å². The van der Waals surface area contributed by atoms with Crippen molar-refractivity contribution in [2.75, 3.05) is 37.7 Å². The van der Waals surface area contributed by atoms with E-state index in [1.165, 1.54) is 4.68 Å². The Bertz CT molecular complexity index is 848. The van der Waals surface area contributed by atoms with Crippen LogP contribution in [0.4, 0.5) is 5.69 Å². The lowest BCUT2D eigenvalue weighted by atomic mass is 10.3. The minimum atomic E-state index is -0.183. The van der Waals surface area contributed by atoms with E-state index < -0.39 is 0 Å². The molecule has 0 saturated carbocycles. The maximum atomic E-state index is 12.3. The summed E-state index contributed by atoms with van der Waals surface area (Å²) in [6, 6.07) is 6.90. The van der Waals surface area contributed by atoms with Crippen LogP contribution in [0.1, 0.15) is 0 Å². The Morgan fingerprint density at radius 3 is 2.54 bits per heavy atom. The van der Waals surface area contributed by atoms with E-state index in [1.807, 2.05) is 4.90 Å². The quantitative estimate of drug-likeness (QED) is 0.725. The summed E-state index contributed by atoms with van der Waals surface area (Å²) in [4.78, 5) is 28.1. The number of carbonyl (C=O) groups excluding carboxylic acids is 1. The summed E-state index contributed by atoms with van der Waals surface area (Å²) in [7, 11) is 1.61. The third-order valence-electron chi connectivity index (χ3n) is 4.21. The van der Waals surface area contributed by atoms with Gasteiger partial charge in [-0.15, -0.1) is 0 Å². The summed E-state index contributed by atoms with van der Waals surface area (Å²) in [6.45, 7) is 2.36. The van der Waals surface area contributed by atoms with E-state index in [0.29, 0.717) is 41.4 Å². The van der Waals surface area contributed by atoms with Crippen LogP contribution in [0, 0.1) is 0 Å². The summed E-state index contributed by atoms with van der Waals surface area (Å²) in [5.41, 5.74) is 0.565. The van der Waals surface area contributed by atoms with Crippen LogP contribution in [0.3, 0.4) is 0 Å². The van der Waals surface area contributed by atoms with Crippen LogP contribution in [0.2, 0.25) is 5.02 Å². The highest BCUT2D eigenvalue weighted by Gasteiger charge is 2.23. The SMILES string of the molecule is Cn1ncc(N2CCN(C(=O)COc3ccc(Cl)cc3)CC2)c(Br)c1=O. The zero-order chi connectivity index (χ0) is 18.7. The van der Waals surface area contributed by atoms with E-state index in [9.17, 15) is 9.59 Å². The van der Waals surface area contributed by atoms with Gasteiger partial charge in [-0.1, -0.05) is 11.6 Å². The molecule has 26 heavy (non-hydrogen) atoms. The molecule has 0 radical (unpaired) electrons. The van der Waals surface area contributed by atoms with Crippen LogP contribution in [0.15, 0.2) is 39.7 Å². The Kier molecular flexibility index (Phi) is 5.83. The van der Waals surface area contributed by atoms with Crippen molar-refractivity contribution in [1.82, 2.24) is 14.7 Å². The maximum absolute atomic E-state index is 12.3. The number of ether oxygens (including phenoxy) is 1. The number of aryl methyl sites for hydroxylation is 1. The Morgan fingerprint density at radius 2 is 1.88 bits per heavy atom. The lowest BCUT2D eigenvalue weighted by Gasteiger charge is -2.36. The molecule has 138 valence electrons. The first-order valence-electron chi connectivity index (χ1n) is 8.08. The van der Waals surface area contributed by atoms with Crippen molar-refractivity contribution in [3.63, 3.8) is 0 Å². The lowest BCUT2D eigenvalue weighted by Crippen LogP contribution is -2.50. The van der Waals surface area contributed by atoms with Crippen molar-refractivity contribution in [2.45, 2.75) is 0 Å². The molecule has 0 spiro atoms. The lowest BCUT2D eigenvalue weighted by molar-refractivity contribution is -0.133. The molecule has 1 aromatic heterocycles. The number of piperazine rings is 1. The van der Waals surface area contributed by atoms with Gasteiger partial charge in [0.25, 0.3) is 11.5 Å². The van der Waals surface area contributed by atoms with Crippen LogP contribution in [0.5, 0.6) is 5.75 Å². The van der Waals surface area contributed by atoms with Gasteiger partial charge in [0.05, 0.1) is 11.9 Å². The average molecular weight is 442 g/mol. The molecular weight excluding hydrogens is 424 g/mol. The van der Waals surface area contributed by atoms with E-state index >= 15 is 0 Å². The van der Waals surface area contributed by atoms with Gasteiger partial charge >= 0.3 is 0 Å². The monoisotopic (exact) mass is 440 g/mol. The van der Waals surface area contributed by atoms with Gasteiger partial charge in [0.2, 0.25) is 0 Å². The maximum Gasteiger partial charge on any atom is 0.282 e. The third kappa shape index (κ3) is 4.19. The largest absolute Gasteiger partial charge is 0.484 e. The zero-order valence-electron chi connectivity index (χ0n) is 14.2. The van der Waals surface area contributed by atoms with Crippen molar-refractivity contribution < 1.29 is 9.53 Å². The van der Waals surface area contributed by atoms with Crippen molar-refractivity contribution in [1.29, 1.82) is 0 Å². The highest BCUT2D eigenvalue weighted by atomic mass is 79.9.